The number of benzene rings is 1. The van der Waals surface area contributed by atoms with E-state index in [2.05, 4.69) is 5.32 Å². The highest BCUT2D eigenvalue weighted by Crippen LogP contribution is 2.17. The van der Waals surface area contributed by atoms with Crippen LogP contribution in [-0.2, 0) is 21.1 Å². The topological polar surface area (TPSA) is 89.3 Å². The van der Waals surface area contributed by atoms with Crippen LogP contribution in [-0.4, -0.2) is 32.4 Å². The normalized spacial score (nSPS) is 21.2. The number of para-hydroxylation sites is 1. The fraction of sp³-hybridized carbons (Fsp3) is 0.462. The number of nitrogens with two attached hydrogens (primary N) is 1. The number of nitrogen functional groups attached to an aromatic ring is 1. The van der Waals surface area contributed by atoms with Gasteiger partial charge in [0.25, 0.3) is 0 Å². The highest BCUT2D eigenvalue weighted by molar-refractivity contribution is 7.91. The molecule has 1 amide bonds. The lowest BCUT2D eigenvalue weighted by atomic mass is 10.1. The highest BCUT2D eigenvalue weighted by Gasteiger charge is 2.27. The van der Waals surface area contributed by atoms with Crippen molar-refractivity contribution < 1.29 is 13.2 Å². The molecule has 5 nitrogen and oxygen atoms in total. The van der Waals surface area contributed by atoms with Gasteiger partial charge in [-0.25, -0.2) is 8.42 Å². The van der Waals surface area contributed by atoms with Crippen LogP contribution in [0.1, 0.15) is 12.0 Å². The molecule has 0 radical (unpaired) electrons. The van der Waals surface area contributed by atoms with Gasteiger partial charge in [0.15, 0.2) is 9.84 Å². The first-order chi connectivity index (χ1) is 8.96. The maximum absolute atomic E-state index is 11.8. The Morgan fingerprint density at radius 2 is 2.11 bits per heavy atom. The summed E-state index contributed by atoms with van der Waals surface area (Å²) in [5, 5.41) is 2.78. The third-order valence-electron chi connectivity index (χ3n) is 3.32. The predicted octanol–water partition coefficient (Wildman–Crippen LogP) is 0.362. The van der Waals surface area contributed by atoms with Gasteiger partial charge in [-0.05, 0) is 24.0 Å². The molecule has 0 spiro atoms. The Kier molecular flexibility index (Phi) is 4.09. The van der Waals surface area contributed by atoms with E-state index in [1.165, 1.54) is 0 Å². The molecule has 2 rings (SSSR count). The van der Waals surface area contributed by atoms with Gasteiger partial charge in [-0.3, -0.25) is 4.79 Å². The van der Waals surface area contributed by atoms with Crippen molar-refractivity contribution in [2.45, 2.75) is 12.8 Å². The Balaban J connectivity index is 1.81. The van der Waals surface area contributed by atoms with Crippen LogP contribution < -0.4 is 11.1 Å². The molecule has 1 aromatic carbocycles. The first kappa shape index (κ1) is 13.9. The largest absolute Gasteiger partial charge is 0.398 e. The fourth-order valence-electron chi connectivity index (χ4n) is 2.22. The van der Waals surface area contributed by atoms with E-state index in [9.17, 15) is 13.2 Å². The SMILES string of the molecule is Nc1ccccc1CC(=O)NCC1CCS(=O)(=O)C1. The number of sulfone groups is 1. The van der Waals surface area contributed by atoms with Crippen LogP contribution in [0.3, 0.4) is 0 Å². The van der Waals surface area contributed by atoms with Crippen molar-refractivity contribution in [3.63, 3.8) is 0 Å². The van der Waals surface area contributed by atoms with Crippen LogP contribution in [0.25, 0.3) is 0 Å². The van der Waals surface area contributed by atoms with Gasteiger partial charge in [0, 0.05) is 12.2 Å². The van der Waals surface area contributed by atoms with Crippen LogP contribution in [0.2, 0.25) is 0 Å². The molecule has 1 unspecified atom stereocenters. The van der Waals surface area contributed by atoms with Gasteiger partial charge in [0.05, 0.1) is 17.9 Å². The van der Waals surface area contributed by atoms with Crippen LogP contribution in [0.4, 0.5) is 5.69 Å². The van der Waals surface area contributed by atoms with Crippen molar-refractivity contribution >= 4 is 21.4 Å². The standard InChI is InChI=1S/C13H18N2O3S/c14-12-4-2-1-3-11(12)7-13(16)15-8-10-5-6-19(17,18)9-10/h1-4,10H,5-9,14H2,(H,15,16). The minimum absolute atomic E-state index is 0.0436. The molecule has 1 atom stereocenters. The van der Waals surface area contributed by atoms with E-state index < -0.39 is 9.84 Å². The molecule has 6 heteroatoms. The molecule has 1 heterocycles. The second-order valence-electron chi connectivity index (χ2n) is 4.95. The lowest BCUT2D eigenvalue weighted by Crippen LogP contribution is -2.31. The lowest BCUT2D eigenvalue weighted by molar-refractivity contribution is -0.120. The van der Waals surface area contributed by atoms with E-state index in [0.717, 1.165) is 5.56 Å². The summed E-state index contributed by atoms with van der Waals surface area (Å²) in [5.74, 6) is 0.337. The Bertz CT molecular complexity index is 569. The summed E-state index contributed by atoms with van der Waals surface area (Å²) in [7, 11) is -2.88. The van der Waals surface area contributed by atoms with Gasteiger partial charge in [-0.15, -0.1) is 0 Å². The monoisotopic (exact) mass is 282 g/mol. The van der Waals surface area contributed by atoms with Crippen LogP contribution in [0.5, 0.6) is 0 Å². The van der Waals surface area contributed by atoms with Gasteiger partial charge in [0.1, 0.15) is 0 Å². The summed E-state index contributed by atoms with van der Waals surface area (Å²) < 4.78 is 22.6. The molecule has 0 saturated carbocycles. The van der Waals surface area contributed by atoms with Gasteiger partial charge in [-0.1, -0.05) is 18.2 Å². The summed E-state index contributed by atoms with van der Waals surface area (Å²) in [4.78, 5) is 11.8. The quantitative estimate of drug-likeness (QED) is 0.780. The zero-order valence-corrected chi connectivity index (χ0v) is 11.4. The van der Waals surface area contributed by atoms with Crippen molar-refractivity contribution in [3.8, 4) is 0 Å². The van der Waals surface area contributed by atoms with E-state index in [1.807, 2.05) is 18.2 Å². The average molecular weight is 282 g/mol. The smallest absolute Gasteiger partial charge is 0.224 e. The van der Waals surface area contributed by atoms with Gasteiger partial charge >= 0.3 is 0 Å². The van der Waals surface area contributed by atoms with Crippen molar-refractivity contribution in [2.24, 2.45) is 5.92 Å². The lowest BCUT2D eigenvalue weighted by Gasteiger charge is -2.10. The van der Waals surface area contributed by atoms with Gasteiger partial charge in [-0.2, -0.15) is 0 Å². The Labute approximate surface area is 113 Å². The molecule has 1 aromatic rings. The maximum Gasteiger partial charge on any atom is 0.224 e. The molecule has 0 aromatic heterocycles. The van der Waals surface area contributed by atoms with Crippen molar-refractivity contribution in [1.29, 1.82) is 0 Å². The van der Waals surface area contributed by atoms with Crippen molar-refractivity contribution in [1.82, 2.24) is 5.32 Å². The van der Waals surface area contributed by atoms with Gasteiger partial charge < -0.3 is 11.1 Å². The molecule has 3 N–H and O–H groups in total. The molecule has 0 aliphatic carbocycles. The summed E-state index contributed by atoms with van der Waals surface area (Å²) in [6.07, 6.45) is 0.863. The second kappa shape index (κ2) is 5.61. The van der Waals surface area contributed by atoms with Crippen LogP contribution in [0.15, 0.2) is 24.3 Å². The van der Waals surface area contributed by atoms with Crippen molar-refractivity contribution in [3.05, 3.63) is 29.8 Å². The molecule has 104 valence electrons. The van der Waals surface area contributed by atoms with E-state index >= 15 is 0 Å². The zero-order chi connectivity index (χ0) is 13.9. The molecule has 19 heavy (non-hydrogen) atoms. The molecule has 1 aliphatic rings. The minimum Gasteiger partial charge on any atom is -0.398 e. The number of carbonyl (C=O) groups is 1. The van der Waals surface area contributed by atoms with E-state index in [1.54, 1.807) is 6.07 Å². The number of rotatable bonds is 4. The van der Waals surface area contributed by atoms with Gasteiger partial charge in [0.2, 0.25) is 5.91 Å². The summed E-state index contributed by atoms with van der Waals surface area (Å²) in [6, 6.07) is 7.23. The molecular formula is C13H18N2O3S. The summed E-state index contributed by atoms with van der Waals surface area (Å²) >= 11 is 0. The number of hydrogen-bond acceptors (Lipinski definition) is 4. The Morgan fingerprint density at radius 1 is 1.37 bits per heavy atom. The van der Waals surface area contributed by atoms with E-state index in [4.69, 9.17) is 5.73 Å². The van der Waals surface area contributed by atoms with Crippen LogP contribution >= 0.6 is 0 Å². The first-order valence-electron chi connectivity index (χ1n) is 6.27. The molecule has 1 fully saturated rings. The molecule has 0 bridgehead atoms. The summed E-state index contributed by atoms with van der Waals surface area (Å²) in [6.45, 7) is 0.421. The van der Waals surface area contributed by atoms with E-state index in [-0.39, 0.29) is 29.8 Å². The molecule has 1 aliphatic heterocycles. The Morgan fingerprint density at radius 3 is 2.74 bits per heavy atom. The third kappa shape index (κ3) is 3.96. The van der Waals surface area contributed by atoms with E-state index in [0.29, 0.717) is 18.7 Å². The number of carbonyl (C=O) groups excluding carboxylic acids is 1. The number of amides is 1. The fourth-order valence-corrected chi connectivity index (χ4v) is 4.08. The predicted molar refractivity (Wildman–Crippen MR) is 74.3 cm³/mol. The molecular weight excluding hydrogens is 264 g/mol. The number of hydrogen-bond donors (Lipinski definition) is 2. The van der Waals surface area contributed by atoms with Crippen LogP contribution in [0, 0.1) is 5.92 Å². The second-order valence-corrected chi connectivity index (χ2v) is 7.18. The zero-order valence-electron chi connectivity index (χ0n) is 10.6. The molecule has 1 saturated heterocycles. The highest BCUT2D eigenvalue weighted by atomic mass is 32.2. The summed E-state index contributed by atoms with van der Waals surface area (Å²) in [5.41, 5.74) is 7.15. The number of anilines is 1. The first-order valence-corrected chi connectivity index (χ1v) is 8.09. The minimum atomic E-state index is -2.88. The van der Waals surface area contributed by atoms with Crippen molar-refractivity contribution in [2.75, 3.05) is 23.8 Å². The Hall–Kier alpha value is -1.56. The third-order valence-corrected chi connectivity index (χ3v) is 5.16. The average Bonchev–Trinajstić information content (AvgIpc) is 2.69. The maximum atomic E-state index is 11.8. The number of nitrogens with one attached hydrogen (secondary N) is 1.